The van der Waals surface area contributed by atoms with Crippen molar-refractivity contribution in [3.8, 4) is 11.8 Å². The molecule has 0 aliphatic heterocycles. The van der Waals surface area contributed by atoms with Crippen molar-refractivity contribution in [3.05, 3.63) is 39.9 Å². The fourth-order valence-corrected chi connectivity index (χ4v) is 1.87. The molecule has 0 aromatic heterocycles. The molecule has 0 aliphatic carbocycles. The largest absolute Gasteiger partial charge is 0.445 e. The molecule has 0 fully saturated rings. The zero-order valence-electron chi connectivity index (χ0n) is 13.9. The van der Waals surface area contributed by atoms with Crippen molar-refractivity contribution in [2.45, 2.75) is 52.6 Å². The van der Waals surface area contributed by atoms with E-state index in [1.165, 1.54) is 24.3 Å². The monoisotopic (exact) mass is 317 g/mol. The van der Waals surface area contributed by atoms with Crippen molar-refractivity contribution in [1.82, 2.24) is 0 Å². The smallest absolute Gasteiger partial charge is 0.339 e. The Morgan fingerprint density at radius 2 is 1.91 bits per heavy atom. The molecule has 0 saturated carbocycles. The number of ether oxygens (including phenoxy) is 1. The molecule has 0 unspecified atom stereocenters. The van der Waals surface area contributed by atoms with Crippen molar-refractivity contribution in [2.24, 2.45) is 5.92 Å². The summed E-state index contributed by atoms with van der Waals surface area (Å²) in [6.45, 7) is 6.01. The zero-order chi connectivity index (χ0) is 17.2. The van der Waals surface area contributed by atoms with Crippen LogP contribution >= 0.6 is 0 Å². The standard InChI is InChI=1S/C18H23NO4/c1-4-5-6-7-8-9-17(14(2)3)23-18(20)15-10-12-16(13-11-15)19(21)22/h10-14,17H,4-7H2,1-3H3/t17-/m1/s1. The van der Waals surface area contributed by atoms with E-state index in [-0.39, 0.29) is 17.2 Å². The van der Waals surface area contributed by atoms with Gasteiger partial charge >= 0.3 is 5.97 Å². The van der Waals surface area contributed by atoms with Crippen molar-refractivity contribution in [1.29, 1.82) is 0 Å². The average molecular weight is 317 g/mol. The van der Waals surface area contributed by atoms with Gasteiger partial charge in [-0.3, -0.25) is 10.1 Å². The lowest BCUT2D eigenvalue weighted by Crippen LogP contribution is -2.22. The number of carbonyl (C=O) groups is 1. The summed E-state index contributed by atoms with van der Waals surface area (Å²) in [5.41, 5.74) is 0.228. The molecular weight excluding hydrogens is 294 g/mol. The third kappa shape index (κ3) is 6.52. The van der Waals surface area contributed by atoms with E-state index in [1.807, 2.05) is 13.8 Å². The minimum atomic E-state index is -0.513. The summed E-state index contributed by atoms with van der Waals surface area (Å²) in [6, 6.07) is 5.37. The van der Waals surface area contributed by atoms with Crippen LogP contribution in [0.2, 0.25) is 0 Å². The highest BCUT2D eigenvalue weighted by atomic mass is 16.6. The predicted molar refractivity (Wildman–Crippen MR) is 89.1 cm³/mol. The molecule has 0 spiro atoms. The van der Waals surface area contributed by atoms with Gasteiger partial charge in [0.25, 0.3) is 5.69 Å². The predicted octanol–water partition coefficient (Wildman–Crippen LogP) is 4.36. The lowest BCUT2D eigenvalue weighted by molar-refractivity contribution is -0.384. The molecule has 23 heavy (non-hydrogen) atoms. The van der Waals surface area contributed by atoms with E-state index >= 15 is 0 Å². The van der Waals surface area contributed by atoms with Crippen molar-refractivity contribution in [2.75, 3.05) is 0 Å². The number of nitrogens with zero attached hydrogens (tertiary/aromatic N) is 1. The molecule has 0 aliphatic rings. The van der Waals surface area contributed by atoms with Gasteiger partial charge in [0.05, 0.1) is 10.5 Å². The summed E-state index contributed by atoms with van der Waals surface area (Å²) < 4.78 is 5.42. The molecule has 1 aromatic rings. The molecule has 1 aromatic carbocycles. The molecule has 0 heterocycles. The van der Waals surface area contributed by atoms with Gasteiger partial charge in [-0.15, -0.1) is 0 Å². The SMILES string of the molecule is CCCCCC#C[C@@H](OC(=O)c1ccc([N+](=O)[O-])cc1)C(C)C. The van der Waals surface area contributed by atoms with Gasteiger partial charge in [-0.25, -0.2) is 4.79 Å². The first kappa shape index (κ1) is 18.7. The molecule has 124 valence electrons. The fraction of sp³-hybridized carbons (Fsp3) is 0.500. The number of benzene rings is 1. The maximum atomic E-state index is 12.1. The van der Waals surface area contributed by atoms with Crippen LogP contribution in [-0.4, -0.2) is 17.0 Å². The first-order chi connectivity index (χ1) is 11.0. The van der Waals surface area contributed by atoms with Gasteiger partial charge in [0.1, 0.15) is 0 Å². The van der Waals surface area contributed by atoms with Crippen LogP contribution in [0.3, 0.4) is 0 Å². The Hall–Kier alpha value is -2.35. The topological polar surface area (TPSA) is 69.4 Å². The Morgan fingerprint density at radius 3 is 2.43 bits per heavy atom. The second kappa shape index (κ2) is 9.62. The van der Waals surface area contributed by atoms with Crippen molar-refractivity contribution < 1.29 is 14.5 Å². The molecule has 5 heteroatoms. The molecule has 0 saturated heterocycles. The molecule has 0 N–H and O–H groups in total. The lowest BCUT2D eigenvalue weighted by Gasteiger charge is -2.15. The molecule has 0 amide bonds. The summed E-state index contributed by atoms with van der Waals surface area (Å²) in [5, 5.41) is 10.6. The van der Waals surface area contributed by atoms with Crippen LogP contribution in [0, 0.1) is 27.9 Å². The fourth-order valence-electron chi connectivity index (χ4n) is 1.87. The highest BCUT2D eigenvalue weighted by Gasteiger charge is 2.18. The van der Waals surface area contributed by atoms with Crippen LogP contribution in [0.15, 0.2) is 24.3 Å². The Labute approximate surface area is 137 Å². The van der Waals surface area contributed by atoms with Gasteiger partial charge in [0.2, 0.25) is 0 Å². The van der Waals surface area contributed by atoms with E-state index < -0.39 is 17.0 Å². The minimum Gasteiger partial charge on any atom is -0.445 e. The zero-order valence-corrected chi connectivity index (χ0v) is 13.9. The normalized spacial score (nSPS) is 11.5. The third-order valence-corrected chi connectivity index (χ3v) is 3.30. The number of unbranched alkanes of at least 4 members (excludes halogenated alkanes) is 3. The number of rotatable bonds is 7. The third-order valence-electron chi connectivity index (χ3n) is 3.30. The maximum Gasteiger partial charge on any atom is 0.339 e. The van der Waals surface area contributed by atoms with Crippen LogP contribution in [0.25, 0.3) is 0 Å². The Kier molecular flexibility index (Phi) is 7.82. The molecule has 1 atom stereocenters. The number of non-ortho nitro benzene ring substituents is 1. The summed E-state index contributed by atoms with van der Waals surface area (Å²) in [4.78, 5) is 22.2. The van der Waals surface area contributed by atoms with Gasteiger partial charge < -0.3 is 4.74 Å². The number of hydrogen-bond donors (Lipinski definition) is 0. The second-order valence-electron chi connectivity index (χ2n) is 5.65. The molecule has 5 nitrogen and oxygen atoms in total. The summed E-state index contributed by atoms with van der Waals surface area (Å²) in [7, 11) is 0. The highest BCUT2D eigenvalue weighted by Crippen LogP contribution is 2.15. The first-order valence-corrected chi connectivity index (χ1v) is 7.89. The summed E-state index contributed by atoms with van der Waals surface area (Å²) in [6.07, 6.45) is 3.66. The van der Waals surface area contributed by atoms with E-state index in [0.29, 0.717) is 0 Å². The highest BCUT2D eigenvalue weighted by molar-refractivity contribution is 5.89. The second-order valence-corrected chi connectivity index (χ2v) is 5.65. The van der Waals surface area contributed by atoms with Gasteiger partial charge in [-0.2, -0.15) is 0 Å². The number of nitro benzene ring substituents is 1. The number of hydrogen-bond acceptors (Lipinski definition) is 4. The number of carbonyl (C=O) groups excluding carboxylic acids is 1. The van der Waals surface area contributed by atoms with Gasteiger partial charge in [0, 0.05) is 24.5 Å². The number of esters is 1. The van der Waals surface area contributed by atoms with Crippen LogP contribution < -0.4 is 0 Å². The minimum absolute atomic E-state index is 0.0577. The van der Waals surface area contributed by atoms with E-state index in [4.69, 9.17) is 4.74 Å². The lowest BCUT2D eigenvalue weighted by atomic mass is 10.1. The van der Waals surface area contributed by atoms with E-state index in [1.54, 1.807) is 0 Å². The summed E-state index contributed by atoms with van der Waals surface area (Å²) in [5.74, 6) is 5.64. The Morgan fingerprint density at radius 1 is 1.26 bits per heavy atom. The van der Waals surface area contributed by atoms with Gasteiger partial charge in [-0.1, -0.05) is 45.5 Å². The van der Waals surface area contributed by atoms with Crippen LogP contribution in [0.4, 0.5) is 5.69 Å². The molecule has 0 bridgehead atoms. The van der Waals surface area contributed by atoms with E-state index in [9.17, 15) is 14.9 Å². The van der Waals surface area contributed by atoms with Crippen LogP contribution in [0.1, 0.15) is 56.8 Å². The average Bonchev–Trinajstić information content (AvgIpc) is 2.53. The quantitative estimate of drug-likeness (QED) is 0.246. The Bertz CT molecular complexity index is 581. The van der Waals surface area contributed by atoms with Gasteiger partial charge in [-0.05, 0) is 18.6 Å². The van der Waals surface area contributed by atoms with Crippen molar-refractivity contribution >= 4 is 11.7 Å². The van der Waals surface area contributed by atoms with Crippen molar-refractivity contribution in [3.63, 3.8) is 0 Å². The molecule has 1 rings (SSSR count). The van der Waals surface area contributed by atoms with Gasteiger partial charge in [0.15, 0.2) is 6.10 Å². The van der Waals surface area contributed by atoms with E-state index in [0.717, 1.165) is 25.7 Å². The Balaban J connectivity index is 2.68. The maximum absolute atomic E-state index is 12.1. The summed E-state index contributed by atoms with van der Waals surface area (Å²) >= 11 is 0. The van der Waals surface area contributed by atoms with E-state index in [2.05, 4.69) is 18.8 Å². The molecular formula is C18H23NO4. The molecule has 0 radical (unpaired) electrons. The number of nitro groups is 1. The first-order valence-electron chi connectivity index (χ1n) is 7.89. The van der Waals surface area contributed by atoms with Crippen LogP contribution in [-0.2, 0) is 4.74 Å². The van der Waals surface area contributed by atoms with Crippen LogP contribution in [0.5, 0.6) is 0 Å².